The number of para-hydroxylation sites is 1. The minimum atomic E-state index is 0.333. The Morgan fingerprint density at radius 1 is 0.741 bits per heavy atom. The molecule has 0 aliphatic rings. The molecule has 130 valence electrons. The molecule has 2 heteroatoms. The Labute approximate surface area is 158 Å². The lowest BCUT2D eigenvalue weighted by Gasteiger charge is -2.12. The van der Waals surface area contributed by atoms with E-state index in [1.165, 1.54) is 11.1 Å². The first-order valence-corrected chi connectivity index (χ1v) is 9.23. The van der Waals surface area contributed by atoms with E-state index >= 15 is 0 Å². The fraction of sp³-hybridized carbons (Fsp3) is 0.0800. The molecule has 1 unspecified atom stereocenters. The molecular weight excluding hydrogens is 330 g/mol. The van der Waals surface area contributed by atoms with Crippen LogP contribution in [0.2, 0.25) is 0 Å². The van der Waals surface area contributed by atoms with Crippen molar-refractivity contribution < 1.29 is 4.42 Å². The lowest BCUT2D eigenvalue weighted by molar-refractivity contribution is 0.669. The van der Waals surface area contributed by atoms with Crippen LogP contribution in [0.3, 0.4) is 0 Å². The van der Waals surface area contributed by atoms with Gasteiger partial charge in [0.15, 0.2) is 0 Å². The molecule has 0 bridgehead atoms. The Kier molecular flexibility index (Phi) is 3.75. The number of benzene rings is 3. The molecule has 5 aromatic rings. The van der Waals surface area contributed by atoms with Gasteiger partial charge in [0.2, 0.25) is 0 Å². The van der Waals surface area contributed by atoms with Gasteiger partial charge in [-0.05, 0) is 41.5 Å². The van der Waals surface area contributed by atoms with Crippen molar-refractivity contribution in [2.24, 2.45) is 0 Å². The van der Waals surface area contributed by atoms with E-state index in [0.29, 0.717) is 5.92 Å². The first-order chi connectivity index (χ1) is 13.3. The second-order valence-corrected chi connectivity index (χ2v) is 6.89. The van der Waals surface area contributed by atoms with Gasteiger partial charge >= 0.3 is 0 Å². The Balaban J connectivity index is 1.69. The van der Waals surface area contributed by atoms with Crippen LogP contribution in [0.25, 0.3) is 33.2 Å². The molecule has 0 aliphatic carbocycles. The molecule has 0 amide bonds. The summed E-state index contributed by atoms with van der Waals surface area (Å²) in [5.74, 6) is 0.333. The van der Waals surface area contributed by atoms with Gasteiger partial charge in [-0.15, -0.1) is 0 Å². The zero-order chi connectivity index (χ0) is 18.2. The van der Waals surface area contributed by atoms with Gasteiger partial charge in [-0.2, -0.15) is 0 Å². The SMILES string of the molecule is CC(c1ccccc1)c1ccc2oc3c(-c4ccccn4)cccc3c2c1. The minimum absolute atomic E-state index is 0.333. The van der Waals surface area contributed by atoms with Crippen LogP contribution >= 0.6 is 0 Å². The summed E-state index contributed by atoms with van der Waals surface area (Å²) >= 11 is 0. The van der Waals surface area contributed by atoms with Crippen LogP contribution in [-0.4, -0.2) is 4.98 Å². The fourth-order valence-corrected chi connectivity index (χ4v) is 3.74. The van der Waals surface area contributed by atoms with E-state index in [9.17, 15) is 0 Å². The van der Waals surface area contributed by atoms with Gasteiger partial charge in [0.25, 0.3) is 0 Å². The third-order valence-corrected chi connectivity index (χ3v) is 5.26. The first-order valence-electron chi connectivity index (χ1n) is 9.23. The van der Waals surface area contributed by atoms with E-state index in [4.69, 9.17) is 4.42 Å². The summed E-state index contributed by atoms with van der Waals surface area (Å²) in [6, 6.07) is 29.4. The number of furan rings is 1. The van der Waals surface area contributed by atoms with Gasteiger partial charge in [0.1, 0.15) is 11.2 Å². The number of pyridine rings is 1. The molecule has 0 saturated heterocycles. The highest BCUT2D eigenvalue weighted by Gasteiger charge is 2.15. The summed E-state index contributed by atoms with van der Waals surface area (Å²) in [7, 11) is 0. The zero-order valence-electron chi connectivity index (χ0n) is 15.1. The Morgan fingerprint density at radius 3 is 2.41 bits per heavy atom. The third-order valence-electron chi connectivity index (χ3n) is 5.26. The maximum Gasteiger partial charge on any atom is 0.144 e. The maximum absolute atomic E-state index is 6.24. The average molecular weight is 349 g/mol. The maximum atomic E-state index is 6.24. The van der Waals surface area contributed by atoms with Gasteiger partial charge in [-0.25, -0.2) is 0 Å². The second-order valence-electron chi connectivity index (χ2n) is 6.89. The van der Waals surface area contributed by atoms with Crippen LogP contribution in [0.15, 0.2) is 95.5 Å². The summed E-state index contributed by atoms with van der Waals surface area (Å²) in [4.78, 5) is 4.49. The van der Waals surface area contributed by atoms with Crippen LogP contribution in [-0.2, 0) is 0 Å². The van der Waals surface area contributed by atoms with Crippen molar-refractivity contribution in [3.8, 4) is 11.3 Å². The Hall–Kier alpha value is -3.39. The lowest BCUT2D eigenvalue weighted by Crippen LogP contribution is -1.95. The Bertz CT molecular complexity index is 1220. The van der Waals surface area contributed by atoms with Crippen LogP contribution < -0.4 is 0 Å². The first kappa shape index (κ1) is 15.8. The highest BCUT2D eigenvalue weighted by atomic mass is 16.3. The number of nitrogens with zero attached hydrogens (tertiary/aromatic N) is 1. The van der Waals surface area contributed by atoms with E-state index in [2.05, 4.69) is 78.6 Å². The zero-order valence-corrected chi connectivity index (χ0v) is 15.1. The van der Waals surface area contributed by atoms with Gasteiger partial charge < -0.3 is 4.42 Å². The molecule has 27 heavy (non-hydrogen) atoms. The normalized spacial score (nSPS) is 12.5. The highest BCUT2D eigenvalue weighted by molar-refractivity contribution is 6.09. The van der Waals surface area contributed by atoms with E-state index in [-0.39, 0.29) is 0 Å². The number of fused-ring (bicyclic) bond motifs is 3. The summed E-state index contributed by atoms with van der Waals surface area (Å²) < 4.78 is 6.24. The number of aromatic nitrogens is 1. The van der Waals surface area contributed by atoms with Crippen LogP contribution in [0, 0.1) is 0 Å². The van der Waals surface area contributed by atoms with E-state index in [1.807, 2.05) is 24.4 Å². The van der Waals surface area contributed by atoms with Gasteiger partial charge in [0, 0.05) is 28.5 Å². The molecule has 0 radical (unpaired) electrons. The Morgan fingerprint density at radius 2 is 1.59 bits per heavy atom. The number of rotatable bonds is 3. The summed E-state index contributed by atoms with van der Waals surface area (Å²) in [6.45, 7) is 2.25. The van der Waals surface area contributed by atoms with Crippen molar-refractivity contribution in [2.45, 2.75) is 12.8 Å². The van der Waals surface area contributed by atoms with Crippen molar-refractivity contribution in [1.82, 2.24) is 4.98 Å². The summed E-state index contributed by atoms with van der Waals surface area (Å²) in [6.07, 6.45) is 1.82. The molecule has 0 spiro atoms. The molecule has 3 aromatic carbocycles. The van der Waals surface area contributed by atoms with Crippen LogP contribution in [0.5, 0.6) is 0 Å². The van der Waals surface area contributed by atoms with Crippen molar-refractivity contribution >= 4 is 21.9 Å². The molecule has 2 heterocycles. The number of hydrogen-bond acceptors (Lipinski definition) is 2. The molecular formula is C25H19NO. The van der Waals surface area contributed by atoms with E-state index < -0.39 is 0 Å². The second kappa shape index (κ2) is 6.40. The highest BCUT2D eigenvalue weighted by Crippen LogP contribution is 2.37. The van der Waals surface area contributed by atoms with Crippen LogP contribution in [0.4, 0.5) is 0 Å². The third kappa shape index (κ3) is 2.70. The van der Waals surface area contributed by atoms with Crippen molar-refractivity contribution in [3.63, 3.8) is 0 Å². The van der Waals surface area contributed by atoms with Gasteiger partial charge in [-0.3, -0.25) is 4.98 Å². The molecule has 0 N–H and O–H groups in total. The van der Waals surface area contributed by atoms with E-state index in [1.54, 1.807) is 0 Å². The fourth-order valence-electron chi connectivity index (χ4n) is 3.74. The summed E-state index contributed by atoms with van der Waals surface area (Å²) in [5.41, 5.74) is 6.38. The minimum Gasteiger partial charge on any atom is -0.455 e. The molecule has 0 saturated carbocycles. The average Bonchev–Trinajstić information content (AvgIpc) is 3.12. The molecule has 2 aromatic heterocycles. The monoisotopic (exact) mass is 349 g/mol. The topological polar surface area (TPSA) is 26.0 Å². The lowest BCUT2D eigenvalue weighted by atomic mass is 9.92. The largest absolute Gasteiger partial charge is 0.455 e. The predicted octanol–water partition coefficient (Wildman–Crippen LogP) is 6.80. The summed E-state index contributed by atoms with van der Waals surface area (Å²) in [5, 5.41) is 2.29. The van der Waals surface area contributed by atoms with E-state index in [0.717, 1.165) is 33.2 Å². The van der Waals surface area contributed by atoms with Crippen LogP contribution in [0.1, 0.15) is 24.0 Å². The standard InChI is InChI=1S/C25H19NO/c1-17(18-8-3-2-4-9-18)19-13-14-24-22(16-19)20-10-7-11-21(25(20)27-24)23-12-5-6-15-26-23/h2-17H,1H3. The number of hydrogen-bond donors (Lipinski definition) is 0. The van der Waals surface area contributed by atoms with Gasteiger partial charge in [-0.1, -0.05) is 61.5 Å². The molecule has 1 atom stereocenters. The quantitative estimate of drug-likeness (QED) is 0.358. The van der Waals surface area contributed by atoms with Crippen molar-refractivity contribution in [1.29, 1.82) is 0 Å². The van der Waals surface area contributed by atoms with Crippen molar-refractivity contribution in [2.75, 3.05) is 0 Å². The molecule has 0 fully saturated rings. The van der Waals surface area contributed by atoms with Gasteiger partial charge in [0.05, 0.1) is 5.69 Å². The molecule has 2 nitrogen and oxygen atoms in total. The van der Waals surface area contributed by atoms with Crippen molar-refractivity contribution in [3.05, 3.63) is 102 Å². The molecule has 5 rings (SSSR count). The smallest absolute Gasteiger partial charge is 0.144 e. The predicted molar refractivity (Wildman–Crippen MR) is 111 cm³/mol. The molecule has 0 aliphatic heterocycles.